The van der Waals surface area contributed by atoms with Gasteiger partial charge >= 0.3 is 6.09 Å². The Morgan fingerprint density at radius 1 is 1.00 bits per heavy atom. The summed E-state index contributed by atoms with van der Waals surface area (Å²) < 4.78 is 5.27. The molecule has 2 rings (SSSR count). The van der Waals surface area contributed by atoms with Gasteiger partial charge in [-0.05, 0) is 46.5 Å². The molecule has 0 spiro atoms. The molecule has 2 aliphatic heterocycles. The summed E-state index contributed by atoms with van der Waals surface area (Å²) in [6, 6.07) is 0. The third-order valence-corrected chi connectivity index (χ3v) is 3.78. The molecule has 0 saturated carbocycles. The maximum absolute atomic E-state index is 12.7. The first-order valence-electron chi connectivity index (χ1n) is 8.69. The van der Waals surface area contributed by atoms with E-state index >= 15 is 0 Å². The van der Waals surface area contributed by atoms with Crippen molar-refractivity contribution in [1.29, 1.82) is 0 Å². The van der Waals surface area contributed by atoms with Gasteiger partial charge in [0.25, 0.3) is 11.8 Å². The van der Waals surface area contributed by atoms with E-state index in [1.54, 1.807) is 20.8 Å². The van der Waals surface area contributed by atoms with Crippen molar-refractivity contribution in [1.82, 2.24) is 15.6 Å². The van der Waals surface area contributed by atoms with Crippen molar-refractivity contribution in [3.8, 4) is 0 Å². The SMILES string of the molecule is CONC(=O)[C@@H]1CCCN(C(=O)[C@@H]2CCCN(C(=O)OC(C)(C)C)O2)O1. The average molecular weight is 373 g/mol. The van der Waals surface area contributed by atoms with Crippen LogP contribution in [-0.4, -0.2) is 66.0 Å². The molecule has 2 atom stereocenters. The van der Waals surface area contributed by atoms with Gasteiger partial charge in [0.1, 0.15) is 5.60 Å². The van der Waals surface area contributed by atoms with E-state index in [4.69, 9.17) is 14.4 Å². The molecule has 0 aromatic rings. The summed E-state index contributed by atoms with van der Waals surface area (Å²) in [5.41, 5.74) is 1.54. The maximum atomic E-state index is 12.7. The Hall–Kier alpha value is -1.91. The van der Waals surface area contributed by atoms with Crippen LogP contribution in [0.1, 0.15) is 46.5 Å². The molecule has 2 heterocycles. The minimum atomic E-state index is -0.861. The summed E-state index contributed by atoms with van der Waals surface area (Å²) in [5, 5.41) is 2.20. The van der Waals surface area contributed by atoms with Gasteiger partial charge in [-0.2, -0.15) is 5.06 Å². The van der Waals surface area contributed by atoms with E-state index in [-0.39, 0.29) is 0 Å². The molecule has 26 heavy (non-hydrogen) atoms. The smallest absolute Gasteiger partial charge is 0.434 e. The lowest BCUT2D eigenvalue weighted by molar-refractivity contribution is -0.250. The van der Waals surface area contributed by atoms with Crippen LogP contribution in [0.3, 0.4) is 0 Å². The molecular formula is C16H27N3O7. The molecule has 148 valence electrons. The van der Waals surface area contributed by atoms with Gasteiger partial charge < -0.3 is 4.74 Å². The molecule has 10 nitrogen and oxygen atoms in total. The van der Waals surface area contributed by atoms with Gasteiger partial charge in [0, 0.05) is 6.54 Å². The standard InChI is InChI=1S/C16H27N3O7/c1-16(2,3)24-15(22)19-10-6-8-12(26-19)14(21)18-9-5-7-11(25-18)13(20)17-23-4/h11-12H,5-10H2,1-4H3,(H,17,20)/t11-,12-/m0/s1. The summed E-state index contributed by atoms with van der Waals surface area (Å²) in [4.78, 5) is 52.2. The van der Waals surface area contributed by atoms with Gasteiger partial charge in [-0.25, -0.2) is 15.3 Å². The Balaban J connectivity index is 1.93. The lowest BCUT2D eigenvalue weighted by Gasteiger charge is -2.36. The number of carbonyl (C=O) groups is 3. The molecule has 0 aliphatic carbocycles. The van der Waals surface area contributed by atoms with Crippen molar-refractivity contribution in [2.24, 2.45) is 0 Å². The van der Waals surface area contributed by atoms with Crippen molar-refractivity contribution in [2.75, 3.05) is 20.2 Å². The zero-order chi connectivity index (χ0) is 19.3. The van der Waals surface area contributed by atoms with Crippen molar-refractivity contribution < 1.29 is 33.6 Å². The van der Waals surface area contributed by atoms with E-state index in [0.29, 0.717) is 38.8 Å². The molecule has 2 saturated heterocycles. The van der Waals surface area contributed by atoms with Crippen molar-refractivity contribution in [2.45, 2.75) is 64.3 Å². The van der Waals surface area contributed by atoms with Crippen LogP contribution in [0.5, 0.6) is 0 Å². The second kappa shape index (κ2) is 8.65. The largest absolute Gasteiger partial charge is 0.442 e. The Morgan fingerprint density at radius 3 is 2.19 bits per heavy atom. The molecule has 0 bridgehead atoms. The van der Waals surface area contributed by atoms with Crippen LogP contribution >= 0.6 is 0 Å². The maximum Gasteiger partial charge on any atom is 0.434 e. The first-order valence-corrected chi connectivity index (χ1v) is 8.69. The van der Waals surface area contributed by atoms with Gasteiger partial charge in [-0.1, -0.05) is 0 Å². The monoisotopic (exact) mass is 373 g/mol. The number of rotatable bonds is 3. The highest BCUT2D eigenvalue weighted by molar-refractivity contribution is 5.82. The minimum absolute atomic E-state index is 0.346. The first-order chi connectivity index (χ1) is 12.2. The summed E-state index contributed by atoms with van der Waals surface area (Å²) >= 11 is 0. The zero-order valence-electron chi connectivity index (χ0n) is 15.6. The summed E-state index contributed by atoms with van der Waals surface area (Å²) in [6.45, 7) is 5.96. The summed E-state index contributed by atoms with van der Waals surface area (Å²) in [7, 11) is 1.32. The number of hydroxylamine groups is 5. The number of hydrogen-bond acceptors (Lipinski definition) is 7. The average Bonchev–Trinajstić information content (AvgIpc) is 2.60. The number of amides is 3. The Kier molecular flexibility index (Phi) is 6.79. The quantitative estimate of drug-likeness (QED) is 0.733. The molecule has 2 fully saturated rings. The number of ether oxygens (including phenoxy) is 1. The summed E-state index contributed by atoms with van der Waals surface area (Å²) in [6.07, 6.45) is -0.167. The van der Waals surface area contributed by atoms with E-state index in [0.717, 1.165) is 10.1 Å². The van der Waals surface area contributed by atoms with E-state index in [1.807, 2.05) is 0 Å². The highest BCUT2D eigenvalue weighted by atomic mass is 16.8. The Labute approximate surface area is 152 Å². The fraction of sp³-hybridized carbons (Fsp3) is 0.812. The predicted octanol–water partition coefficient (Wildman–Crippen LogP) is 0.918. The Bertz CT molecular complexity index is 534. The van der Waals surface area contributed by atoms with Crippen LogP contribution in [-0.2, 0) is 28.8 Å². The lowest BCUT2D eigenvalue weighted by atomic mass is 10.1. The van der Waals surface area contributed by atoms with Crippen LogP contribution in [0.4, 0.5) is 4.79 Å². The fourth-order valence-corrected chi connectivity index (χ4v) is 2.64. The second-order valence-electron chi connectivity index (χ2n) is 7.17. The highest BCUT2D eigenvalue weighted by Gasteiger charge is 2.38. The van der Waals surface area contributed by atoms with Gasteiger partial charge in [-0.15, -0.1) is 0 Å². The van der Waals surface area contributed by atoms with E-state index < -0.39 is 35.7 Å². The first kappa shape index (κ1) is 20.4. The van der Waals surface area contributed by atoms with Crippen molar-refractivity contribution in [3.05, 3.63) is 0 Å². The molecule has 0 aromatic heterocycles. The molecule has 2 aliphatic rings. The second-order valence-corrected chi connectivity index (χ2v) is 7.17. The fourth-order valence-electron chi connectivity index (χ4n) is 2.64. The van der Waals surface area contributed by atoms with Crippen LogP contribution in [0.25, 0.3) is 0 Å². The molecule has 0 radical (unpaired) electrons. The molecule has 1 N–H and O–H groups in total. The number of nitrogens with one attached hydrogen (secondary N) is 1. The molecule has 10 heteroatoms. The minimum Gasteiger partial charge on any atom is -0.442 e. The molecule has 3 amide bonds. The van der Waals surface area contributed by atoms with Gasteiger partial charge in [0.2, 0.25) is 0 Å². The van der Waals surface area contributed by atoms with Gasteiger partial charge in [0.05, 0.1) is 13.7 Å². The highest BCUT2D eigenvalue weighted by Crippen LogP contribution is 2.22. The topological polar surface area (TPSA) is 107 Å². The molecule has 0 unspecified atom stereocenters. The zero-order valence-corrected chi connectivity index (χ0v) is 15.6. The van der Waals surface area contributed by atoms with Crippen LogP contribution < -0.4 is 5.48 Å². The normalized spacial score (nSPS) is 24.2. The summed E-state index contributed by atoms with van der Waals surface area (Å²) in [5.74, 6) is -0.877. The van der Waals surface area contributed by atoms with Crippen LogP contribution in [0, 0.1) is 0 Å². The number of nitrogens with zero attached hydrogens (tertiary/aromatic N) is 2. The van der Waals surface area contributed by atoms with E-state index in [2.05, 4.69) is 10.3 Å². The van der Waals surface area contributed by atoms with Crippen molar-refractivity contribution >= 4 is 17.9 Å². The van der Waals surface area contributed by atoms with Crippen LogP contribution in [0.2, 0.25) is 0 Å². The molecule has 0 aromatic carbocycles. The third kappa shape index (κ3) is 5.55. The predicted molar refractivity (Wildman–Crippen MR) is 88.0 cm³/mol. The lowest BCUT2D eigenvalue weighted by Crippen LogP contribution is -2.53. The van der Waals surface area contributed by atoms with E-state index in [9.17, 15) is 14.4 Å². The van der Waals surface area contributed by atoms with Gasteiger partial charge in [0.15, 0.2) is 12.2 Å². The van der Waals surface area contributed by atoms with E-state index in [1.165, 1.54) is 7.11 Å². The van der Waals surface area contributed by atoms with Gasteiger partial charge in [-0.3, -0.25) is 24.1 Å². The number of hydrogen-bond donors (Lipinski definition) is 1. The third-order valence-electron chi connectivity index (χ3n) is 3.78. The van der Waals surface area contributed by atoms with Crippen molar-refractivity contribution in [3.63, 3.8) is 0 Å². The number of carbonyl (C=O) groups excluding carboxylic acids is 3. The Morgan fingerprint density at radius 2 is 1.58 bits per heavy atom. The molecular weight excluding hydrogens is 346 g/mol. The van der Waals surface area contributed by atoms with Crippen LogP contribution in [0.15, 0.2) is 0 Å².